The highest BCUT2D eigenvalue weighted by Gasteiger charge is 2.40. The number of carboxylic acids is 2. The number of nitro groups is 1. The van der Waals surface area contributed by atoms with Crippen molar-refractivity contribution >= 4 is 57.9 Å². The Kier molecular flexibility index (Phi) is 7.05. The first kappa shape index (κ1) is 23.2. The van der Waals surface area contributed by atoms with Crippen LogP contribution in [-0.2, 0) is 14.4 Å². The second kappa shape index (κ2) is 9.75. The van der Waals surface area contributed by atoms with E-state index in [9.17, 15) is 29.6 Å². The number of thioether (sulfide) groups is 1. The van der Waals surface area contributed by atoms with Gasteiger partial charge in [-0.25, -0.2) is 4.79 Å². The van der Waals surface area contributed by atoms with Gasteiger partial charge in [0.15, 0.2) is 0 Å². The van der Waals surface area contributed by atoms with Crippen LogP contribution in [0.1, 0.15) is 25.0 Å². The van der Waals surface area contributed by atoms with E-state index in [4.69, 9.17) is 21.7 Å². The van der Waals surface area contributed by atoms with Crippen molar-refractivity contribution in [3.05, 3.63) is 57.2 Å². The summed E-state index contributed by atoms with van der Waals surface area (Å²) in [6.07, 6.45) is 1.25. The van der Waals surface area contributed by atoms with Gasteiger partial charge < -0.3 is 14.6 Å². The maximum atomic E-state index is 12.8. The van der Waals surface area contributed by atoms with Crippen molar-refractivity contribution < 1.29 is 33.9 Å². The van der Waals surface area contributed by atoms with Gasteiger partial charge in [0.1, 0.15) is 21.9 Å². The molecular formula is C20H16N2O8S2. The van der Waals surface area contributed by atoms with Crippen molar-refractivity contribution in [1.82, 2.24) is 4.90 Å². The fourth-order valence-electron chi connectivity index (χ4n) is 3.02. The van der Waals surface area contributed by atoms with E-state index in [2.05, 4.69) is 0 Å². The number of rotatable bonds is 9. The summed E-state index contributed by atoms with van der Waals surface area (Å²) >= 11 is 6.11. The van der Waals surface area contributed by atoms with Gasteiger partial charge in [0.2, 0.25) is 0 Å². The summed E-state index contributed by atoms with van der Waals surface area (Å²) in [5.41, 5.74) is 0.549. The molecule has 1 saturated heterocycles. The average molecular weight is 476 g/mol. The molecule has 0 unspecified atom stereocenters. The number of thiocarbonyl (C=S) groups is 1. The predicted molar refractivity (Wildman–Crippen MR) is 119 cm³/mol. The van der Waals surface area contributed by atoms with Crippen LogP contribution in [-0.4, -0.2) is 48.2 Å². The van der Waals surface area contributed by atoms with Crippen LogP contribution in [0, 0.1) is 10.1 Å². The molecule has 1 fully saturated rings. The number of hydrogen-bond acceptors (Lipinski definition) is 8. The van der Waals surface area contributed by atoms with E-state index in [0.717, 1.165) is 16.7 Å². The third-order valence-corrected chi connectivity index (χ3v) is 5.88. The lowest BCUT2D eigenvalue weighted by Crippen LogP contribution is -2.43. The number of carboxylic acid groups (broad SMARTS) is 2. The summed E-state index contributed by atoms with van der Waals surface area (Å²) in [5, 5.41) is 29.0. The molecule has 1 aliphatic heterocycles. The molecule has 0 saturated carbocycles. The van der Waals surface area contributed by atoms with Crippen LogP contribution in [0.25, 0.3) is 17.4 Å². The Labute approximate surface area is 190 Å². The molecular weight excluding hydrogens is 460 g/mol. The smallest absolute Gasteiger partial charge is 0.326 e. The number of aliphatic carboxylic acids is 2. The number of furan rings is 1. The van der Waals surface area contributed by atoms with Crippen molar-refractivity contribution in [2.24, 2.45) is 0 Å². The van der Waals surface area contributed by atoms with Crippen LogP contribution < -0.4 is 0 Å². The number of nitrogens with zero attached hydrogens (tertiary/aromatic N) is 2. The first-order valence-electron chi connectivity index (χ1n) is 9.23. The molecule has 0 radical (unpaired) electrons. The minimum atomic E-state index is -1.27. The van der Waals surface area contributed by atoms with E-state index in [-0.39, 0.29) is 34.2 Å². The lowest BCUT2D eigenvalue weighted by molar-refractivity contribution is -0.384. The normalized spacial score (nSPS) is 15.9. The van der Waals surface area contributed by atoms with E-state index >= 15 is 0 Å². The van der Waals surface area contributed by atoms with E-state index in [1.54, 1.807) is 12.1 Å². The number of benzene rings is 1. The number of nitro benzene ring substituents is 1. The molecule has 2 aromatic rings. The quantitative estimate of drug-likeness (QED) is 0.237. The standard InChI is InChI=1S/C20H16N2O8S2/c23-17(24)3-1-2-14(19(26)27)21-18(25)16(32-20(21)31)10-13-8-9-15(30-13)11-4-6-12(7-5-11)22(28)29/h4-10,14H,1-3H2,(H,23,24)(H,26,27)/b16-10-/t14-/m1/s1. The van der Waals surface area contributed by atoms with Crippen molar-refractivity contribution in [2.45, 2.75) is 25.3 Å². The lowest BCUT2D eigenvalue weighted by Gasteiger charge is -2.22. The summed E-state index contributed by atoms with van der Waals surface area (Å²) in [6.45, 7) is 0. The van der Waals surface area contributed by atoms with Gasteiger partial charge in [-0.1, -0.05) is 24.0 Å². The van der Waals surface area contributed by atoms with Gasteiger partial charge in [-0.15, -0.1) is 0 Å². The monoisotopic (exact) mass is 476 g/mol. The molecule has 1 aromatic carbocycles. The summed E-state index contributed by atoms with van der Waals surface area (Å²) in [6, 6.07) is 7.74. The third kappa shape index (κ3) is 5.21. The molecule has 1 aliphatic rings. The van der Waals surface area contributed by atoms with Crippen LogP contribution in [0.15, 0.2) is 45.7 Å². The van der Waals surface area contributed by atoms with Crippen LogP contribution in [0.2, 0.25) is 0 Å². The molecule has 1 aromatic heterocycles. The first-order valence-corrected chi connectivity index (χ1v) is 10.5. The van der Waals surface area contributed by atoms with E-state index in [0.29, 0.717) is 17.1 Å². The molecule has 0 bridgehead atoms. The van der Waals surface area contributed by atoms with E-state index in [1.807, 2.05) is 0 Å². The minimum Gasteiger partial charge on any atom is -0.481 e. The maximum absolute atomic E-state index is 12.8. The predicted octanol–water partition coefficient (Wildman–Crippen LogP) is 3.76. The molecule has 1 atom stereocenters. The Bertz CT molecular complexity index is 1120. The van der Waals surface area contributed by atoms with Crippen LogP contribution in [0.3, 0.4) is 0 Å². The van der Waals surface area contributed by atoms with Gasteiger partial charge in [-0.2, -0.15) is 0 Å². The highest BCUT2D eigenvalue weighted by atomic mass is 32.2. The molecule has 12 heteroatoms. The van der Waals surface area contributed by atoms with Crippen molar-refractivity contribution in [2.75, 3.05) is 0 Å². The fraction of sp³-hybridized carbons (Fsp3) is 0.200. The zero-order chi connectivity index (χ0) is 23.4. The van der Waals surface area contributed by atoms with Crippen LogP contribution in [0.4, 0.5) is 5.69 Å². The molecule has 1 amide bonds. The summed E-state index contributed by atoms with van der Waals surface area (Å²) in [5.74, 6) is -2.18. The molecule has 166 valence electrons. The van der Waals surface area contributed by atoms with E-state index < -0.39 is 28.8 Å². The van der Waals surface area contributed by atoms with Gasteiger partial charge in [0, 0.05) is 30.2 Å². The second-order valence-electron chi connectivity index (χ2n) is 6.70. The Morgan fingerprint density at radius 3 is 2.50 bits per heavy atom. The lowest BCUT2D eigenvalue weighted by atomic mass is 10.1. The molecule has 32 heavy (non-hydrogen) atoms. The Morgan fingerprint density at radius 2 is 1.91 bits per heavy atom. The topological polar surface area (TPSA) is 151 Å². The van der Waals surface area contributed by atoms with Gasteiger partial charge in [-0.05, 0) is 37.1 Å². The van der Waals surface area contributed by atoms with Gasteiger partial charge >= 0.3 is 11.9 Å². The fourth-order valence-corrected chi connectivity index (χ4v) is 4.36. The Hall–Kier alpha value is -3.51. The number of carbonyl (C=O) groups is 3. The van der Waals surface area contributed by atoms with Gasteiger partial charge in [0.05, 0.1) is 9.83 Å². The number of amides is 1. The first-order chi connectivity index (χ1) is 15.2. The molecule has 10 nitrogen and oxygen atoms in total. The van der Waals surface area contributed by atoms with Crippen molar-refractivity contribution in [3.8, 4) is 11.3 Å². The Balaban J connectivity index is 1.77. The summed E-state index contributed by atoms with van der Waals surface area (Å²) in [7, 11) is 0. The zero-order valence-electron chi connectivity index (χ0n) is 16.3. The van der Waals surface area contributed by atoms with Gasteiger partial charge in [-0.3, -0.25) is 24.6 Å². The number of hydrogen-bond donors (Lipinski definition) is 2. The van der Waals surface area contributed by atoms with E-state index in [1.165, 1.54) is 30.3 Å². The second-order valence-corrected chi connectivity index (χ2v) is 8.37. The molecule has 3 rings (SSSR count). The van der Waals surface area contributed by atoms with Crippen molar-refractivity contribution in [3.63, 3.8) is 0 Å². The molecule has 2 N–H and O–H groups in total. The Morgan fingerprint density at radius 1 is 1.22 bits per heavy atom. The summed E-state index contributed by atoms with van der Waals surface area (Å²) < 4.78 is 5.76. The average Bonchev–Trinajstić information content (AvgIpc) is 3.30. The molecule has 0 aliphatic carbocycles. The SMILES string of the molecule is O=C(O)CCC[C@H](C(=O)O)N1C(=O)/C(=C/c2ccc(-c3ccc([N+](=O)[O-])cc3)o2)SC1=S. The summed E-state index contributed by atoms with van der Waals surface area (Å²) in [4.78, 5) is 46.6. The highest BCUT2D eigenvalue weighted by molar-refractivity contribution is 8.26. The van der Waals surface area contributed by atoms with Crippen LogP contribution in [0.5, 0.6) is 0 Å². The van der Waals surface area contributed by atoms with Gasteiger partial charge in [0.25, 0.3) is 11.6 Å². The van der Waals surface area contributed by atoms with Crippen molar-refractivity contribution in [1.29, 1.82) is 0 Å². The number of non-ortho nitro benzene ring substituents is 1. The number of carbonyl (C=O) groups excluding carboxylic acids is 1. The largest absolute Gasteiger partial charge is 0.481 e. The molecule has 0 spiro atoms. The maximum Gasteiger partial charge on any atom is 0.326 e. The van der Waals surface area contributed by atoms with Crippen LogP contribution >= 0.6 is 24.0 Å². The minimum absolute atomic E-state index is 0.0492. The highest BCUT2D eigenvalue weighted by Crippen LogP contribution is 2.36. The molecule has 2 heterocycles. The zero-order valence-corrected chi connectivity index (χ0v) is 17.9. The third-order valence-electron chi connectivity index (χ3n) is 4.55.